The summed E-state index contributed by atoms with van der Waals surface area (Å²) in [4.78, 5) is 4.94. The van der Waals surface area contributed by atoms with Crippen LogP contribution in [0.15, 0.2) is 41.6 Å². The highest BCUT2D eigenvalue weighted by molar-refractivity contribution is 14.1. The van der Waals surface area contributed by atoms with Crippen molar-refractivity contribution >= 4 is 51.5 Å². The minimum Gasteiger partial charge on any atom is -0.374 e. The van der Waals surface area contributed by atoms with Gasteiger partial charge in [-0.1, -0.05) is 34.4 Å². The molecule has 1 unspecified atom stereocenters. The molecule has 1 atom stereocenters. The first-order valence-corrected chi connectivity index (χ1v) is 8.98. The fourth-order valence-electron chi connectivity index (χ4n) is 2.63. The van der Waals surface area contributed by atoms with E-state index in [2.05, 4.69) is 5.16 Å². The van der Waals surface area contributed by atoms with Crippen molar-refractivity contribution in [2.45, 2.75) is 18.2 Å². The third-order valence-corrected chi connectivity index (χ3v) is 5.27. The lowest BCUT2D eigenvalue weighted by Gasteiger charge is -2.29. The van der Waals surface area contributed by atoms with E-state index in [0.29, 0.717) is 14.7 Å². The molecule has 0 saturated heterocycles. The van der Waals surface area contributed by atoms with Gasteiger partial charge in [0.05, 0.1) is 11.3 Å². The van der Waals surface area contributed by atoms with Crippen LogP contribution in [-0.2, 0) is 10.4 Å². The number of oxime groups is 1. The van der Waals surface area contributed by atoms with Gasteiger partial charge in [-0.15, -0.1) is 0 Å². The molecular formula is C17H8Cl2F3IN2O. The fourth-order valence-corrected chi connectivity index (χ4v) is 3.79. The smallest absolute Gasteiger partial charge is 0.374 e. The van der Waals surface area contributed by atoms with Gasteiger partial charge < -0.3 is 4.84 Å². The lowest BCUT2D eigenvalue weighted by atomic mass is 9.86. The van der Waals surface area contributed by atoms with E-state index in [4.69, 9.17) is 33.3 Å². The number of benzene rings is 2. The van der Waals surface area contributed by atoms with Crippen molar-refractivity contribution in [1.82, 2.24) is 0 Å². The van der Waals surface area contributed by atoms with E-state index in [0.717, 1.165) is 0 Å². The average molecular weight is 511 g/mol. The number of alkyl halides is 3. The first-order chi connectivity index (χ1) is 12.2. The molecule has 0 amide bonds. The molecule has 0 aromatic heterocycles. The third-order valence-electron chi connectivity index (χ3n) is 3.94. The molecule has 2 aromatic carbocycles. The highest BCUT2D eigenvalue weighted by Gasteiger charge is 2.62. The van der Waals surface area contributed by atoms with Gasteiger partial charge in [0.1, 0.15) is 6.07 Å². The van der Waals surface area contributed by atoms with Crippen LogP contribution >= 0.6 is 45.8 Å². The van der Waals surface area contributed by atoms with E-state index in [-0.39, 0.29) is 21.3 Å². The summed E-state index contributed by atoms with van der Waals surface area (Å²) in [6.07, 6.45) is -5.28. The van der Waals surface area contributed by atoms with Crippen molar-refractivity contribution < 1.29 is 18.0 Å². The maximum absolute atomic E-state index is 13.9. The normalized spacial score (nSPS) is 19.7. The van der Waals surface area contributed by atoms with Gasteiger partial charge in [-0.05, 0) is 52.9 Å². The Morgan fingerprint density at radius 1 is 1.15 bits per heavy atom. The summed E-state index contributed by atoms with van der Waals surface area (Å²) in [5.41, 5.74) is -1.88. The number of nitrogens with zero attached hydrogens (tertiary/aromatic N) is 2. The zero-order valence-corrected chi connectivity index (χ0v) is 16.4. The largest absolute Gasteiger partial charge is 0.435 e. The number of halogens is 6. The maximum Gasteiger partial charge on any atom is 0.435 e. The molecular weight excluding hydrogens is 503 g/mol. The van der Waals surface area contributed by atoms with E-state index in [1.54, 1.807) is 12.1 Å². The molecule has 0 fully saturated rings. The molecule has 1 aliphatic rings. The van der Waals surface area contributed by atoms with Crippen LogP contribution < -0.4 is 0 Å². The van der Waals surface area contributed by atoms with Crippen LogP contribution in [0.4, 0.5) is 13.2 Å². The molecule has 0 bridgehead atoms. The van der Waals surface area contributed by atoms with Crippen LogP contribution in [0.25, 0.3) is 0 Å². The molecule has 1 heterocycles. The molecule has 3 rings (SSSR count). The molecule has 9 heteroatoms. The second kappa shape index (κ2) is 6.91. The summed E-state index contributed by atoms with van der Waals surface area (Å²) in [7, 11) is 0. The Morgan fingerprint density at radius 2 is 1.81 bits per heavy atom. The van der Waals surface area contributed by atoms with Gasteiger partial charge in [-0.25, -0.2) is 0 Å². The summed E-state index contributed by atoms with van der Waals surface area (Å²) in [6, 6.07) is 10.4. The Hall–Kier alpha value is -1.50. The van der Waals surface area contributed by atoms with Crippen LogP contribution in [0.2, 0.25) is 10.0 Å². The zero-order valence-electron chi connectivity index (χ0n) is 12.7. The molecule has 1 aliphatic heterocycles. The molecule has 0 N–H and O–H groups in total. The lowest BCUT2D eigenvalue weighted by Crippen LogP contribution is -2.42. The number of rotatable bonds is 2. The average Bonchev–Trinajstić information content (AvgIpc) is 3.00. The summed E-state index contributed by atoms with van der Waals surface area (Å²) >= 11 is 13.7. The Bertz CT molecular complexity index is 936. The monoisotopic (exact) mass is 510 g/mol. The highest BCUT2D eigenvalue weighted by Crippen LogP contribution is 2.49. The molecule has 0 spiro atoms. The van der Waals surface area contributed by atoms with Crippen molar-refractivity contribution in [2.24, 2.45) is 5.16 Å². The lowest BCUT2D eigenvalue weighted by molar-refractivity contribution is -0.275. The van der Waals surface area contributed by atoms with E-state index < -0.39 is 18.2 Å². The van der Waals surface area contributed by atoms with Crippen LogP contribution in [0.5, 0.6) is 0 Å². The topological polar surface area (TPSA) is 45.4 Å². The van der Waals surface area contributed by atoms with Crippen LogP contribution in [0, 0.1) is 14.9 Å². The molecule has 134 valence electrons. The Morgan fingerprint density at radius 3 is 2.35 bits per heavy atom. The molecule has 26 heavy (non-hydrogen) atoms. The summed E-state index contributed by atoms with van der Waals surface area (Å²) < 4.78 is 42.4. The van der Waals surface area contributed by atoms with Gasteiger partial charge in [0.25, 0.3) is 5.60 Å². The van der Waals surface area contributed by atoms with Crippen molar-refractivity contribution in [3.8, 4) is 6.07 Å². The standard InChI is InChI=1S/C17H8Cl2F3IN2O/c18-12-4-11(5-13(19)6-12)16(17(20,21)22)7-15(25-26-16)9-1-2-10(8-24)14(23)3-9/h1-6H,7H2. The first-order valence-electron chi connectivity index (χ1n) is 7.14. The Labute approximate surface area is 170 Å². The van der Waals surface area contributed by atoms with E-state index >= 15 is 0 Å². The van der Waals surface area contributed by atoms with Crippen LogP contribution in [0.3, 0.4) is 0 Å². The summed E-state index contributed by atoms with van der Waals surface area (Å²) in [5.74, 6) is 0. The fraction of sp³-hybridized carbons (Fsp3) is 0.176. The predicted octanol–water partition coefficient (Wildman–Crippen LogP) is 6.05. The van der Waals surface area contributed by atoms with Crippen molar-refractivity contribution in [1.29, 1.82) is 5.26 Å². The second-order valence-corrected chi connectivity index (χ2v) is 7.63. The van der Waals surface area contributed by atoms with E-state index in [1.165, 1.54) is 24.3 Å². The minimum absolute atomic E-state index is 0.0705. The third kappa shape index (κ3) is 3.38. The van der Waals surface area contributed by atoms with Gasteiger partial charge in [0.15, 0.2) is 0 Å². The van der Waals surface area contributed by atoms with Crippen LogP contribution in [-0.4, -0.2) is 11.9 Å². The Kier molecular flexibility index (Phi) is 5.12. The van der Waals surface area contributed by atoms with Gasteiger partial charge in [0, 0.05) is 31.2 Å². The molecule has 2 aromatic rings. The Balaban J connectivity index is 2.04. The zero-order chi connectivity index (χ0) is 19.1. The van der Waals surface area contributed by atoms with Crippen molar-refractivity contribution in [2.75, 3.05) is 0 Å². The van der Waals surface area contributed by atoms with Gasteiger partial charge in [0.2, 0.25) is 0 Å². The first kappa shape index (κ1) is 19.3. The van der Waals surface area contributed by atoms with Crippen molar-refractivity contribution in [3.05, 3.63) is 66.7 Å². The maximum atomic E-state index is 13.9. The number of nitriles is 1. The van der Waals surface area contributed by atoms with Crippen molar-refractivity contribution in [3.63, 3.8) is 0 Å². The number of hydrogen-bond acceptors (Lipinski definition) is 3. The molecule has 0 saturated carbocycles. The van der Waals surface area contributed by atoms with Gasteiger partial charge in [-0.2, -0.15) is 18.4 Å². The molecule has 3 nitrogen and oxygen atoms in total. The summed E-state index contributed by atoms with van der Waals surface area (Å²) in [5, 5.41) is 12.8. The van der Waals surface area contributed by atoms with E-state index in [9.17, 15) is 13.2 Å². The quantitative estimate of drug-likeness (QED) is 0.461. The number of hydrogen-bond donors (Lipinski definition) is 0. The van der Waals surface area contributed by atoms with Gasteiger partial charge >= 0.3 is 6.18 Å². The predicted molar refractivity (Wildman–Crippen MR) is 100 cm³/mol. The summed E-state index contributed by atoms with van der Waals surface area (Å²) in [6.45, 7) is 0. The minimum atomic E-state index is -4.74. The SMILES string of the molecule is N#Cc1ccc(C2=NOC(c3cc(Cl)cc(Cl)c3)(C(F)(F)F)C2)cc1I. The molecule has 0 radical (unpaired) electrons. The second-order valence-electron chi connectivity index (χ2n) is 5.60. The highest BCUT2D eigenvalue weighted by atomic mass is 127. The van der Waals surface area contributed by atoms with E-state index in [1.807, 2.05) is 28.7 Å². The molecule has 0 aliphatic carbocycles. The van der Waals surface area contributed by atoms with Gasteiger partial charge in [-0.3, -0.25) is 0 Å². The van der Waals surface area contributed by atoms with Crippen LogP contribution in [0.1, 0.15) is 23.1 Å².